The molecule has 1 fully saturated rings. The van der Waals surface area contributed by atoms with E-state index < -0.39 is 6.09 Å². The highest BCUT2D eigenvalue weighted by molar-refractivity contribution is 5.67. The molecular formula is C20H25N3O3. The summed E-state index contributed by atoms with van der Waals surface area (Å²) in [6.45, 7) is 1.62. The van der Waals surface area contributed by atoms with Gasteiger partial charge in [0.25, 0.3) is 0 Å². The van der Waals surface area contributed by atoms with Crippen molar-refractivity contribution in [3.63, 3.8) is 0 Å². The van der Waals surface area contributed by atoms with Gasteiger partial charge in [0.15, 0.2) is 0 Å². The van der Waals surface area contributed by atoms with Crippen molar-refractivity contribution in [3.8, 4) is 0 Å². The Morgan fingerprint density at radius 2 is 2.23 bits per heavy atom. The minimum atomic E-state index is -0.399. The number of hydrogen-bond acceptors (Lipinski definition) is 4. The molecule has 1 aliphatic rings. The summed E-state index contributed by atoms with van der Waals surface area (Å²) in [5.74, 6) is 0. The first-order valence-electron chi connectivity index (χ1n) is 9.08. The SMILES string of the molecule is O=C(NCCC=Cc1cnn([C@@H]2CCCCO2)c1)OCc1ccccc1. The van der Waals surface area contributed by atoms with Crippen molar-refractivity contribution in [1.82, 2.24) is 15.1 Å². The lowest BCUT2D eigenvalue weighted by atomic mass is 10.2. The van der Waals surface area contributed by atoms with Crippen LogP contribution in [-0.2, 0) is 16.1 Å². The summed E-state index contributed by atoms with van der Waals surface area (Å²) in [7, 11) is 0. The van der Waals surface area contributed by atoms with Gasteiger partial charge in [-0.05, 0) is 31.2 Å². The van der Waals surface area contributed by atoms with Crippen LogP contribution < -0.4 is 5.32 Å². The van der Waals surface area contributed by atoms with Crippen LogP contribution in [0.15, 0.2) is 48.8 Å². The molecule has 3 rings (SSSR count). The van der Waals surface area contributed by atoms with Crippen molar-refractivity contribution in [2.24, 2.45) is 0 Å². The van der Waals surface area contributed by atoms with Crippen LogP contribution in [-0.4, -0.2) is 29.0 Å². The molecule has 1 aromatic carbocycles. The molecule has 26 heavy (non-hydrogen) atoms. The summed E-state index contributed by atoms with van der Waals surface area (Å²) >= 11 is 0. The van der Waals surface area contributed by atoms with E-state index in [1.54, 1.807) is 0 Å². The molecule has 0 radical (unpaired) electrons. The van der Waals surface area contributed by atoms with Crippen molar-refractivity contribution in [1.29, 1.82) is 0 Å². The van der Waals surface area contributed by atoms with Crippen LogP contribution in [0.4, 0.5) is 4.79 Å². The van der Waals surface area contributed by atoms with Crippen LogP contribution in [0, 0.1) is 0 Å². The molecule has 6 heteroatoms. The van der Waals surface area contributed by atoms with Gasteiger partial charge in [0.2, 0.25) is 0 Å². The molecule has 2 aromatic rings. The van der Waals surface area contributed by atoms with Crippen LogP contribution in [0.1, 0.15) is 43.0 Å². The lowest BCUT2D eigenvalue weighted by molar-refractivity contribution is -0.0394. The fourth-order valence-corrected chi connectivity index (χ4v) is 2.78. The van der Waals surface area contributed by atoms with E-state index in [1.807, 2.05) is 59.6 Å². The molecule has 0 saturated carbocycles. The Morgan fingerprint density at radius 1 is 1.35 bits per heavy atom. The third kappa shape index (κ3) is 5.74. The fraction of sp³-hybridized carbons (Fsp3) is 0.400. The summed E-state index contributed by atoms with van der Waals surface area (Å²) in [4.78, 5) is 11.6. The van der Waals surface area contributed by atoms with Crippen molar-refractivity contribution < 1.29 is 14.3 Å². The quantitative estimate of drug-likeness (QED) is 0.765. The Labute approximate surface area is 153 Å². The van der Waals surface area contributed by atoms with E-state index in [2.05, 4.69) is 10.4 Å². The number of ether oxygens (including phenoxy) is 2. The Hall–Kier alpha value is -2.60. The molecular weight excluding hydrogens is 330 g/mol. The number of rotatable bonds is 7. The second kappa shape index (κ2) is 9.77. The fourth-order valence-electron chi connectivity index (χ4n) is 2.78. The predicted octanol–water partition coefficient (Wildman–Crippen LogP) is 3.91. The monoisotopic (exact) mass is 355 g/mol. The van der Waals surface area contributed by atoms with Crippen LogP contribution in [0.25, 0.3) is 6.08 Å². The number of alkyl carbamates (subject to hydrolysis) is 1. The first-order valence-corrected chi connectivity index (χ1v) is 9.08. The molecule has 138 valence electrons. The Kier molecular flexibility index (Phi) is 6.84. The van der Waals surface area contributed by atoms with E-state index in [4.69, 9.17) is 9.47 Å². The number of hydrogen-bond donors (Lipinski definition) is 1. The van der Waals surface area contributed by atoms with Gasteiger partial charge >= 0.3 is 6.09 Å². The Balaban J connectivity index is 1.33. The summed E-state index contributed by atoms with van der Waals surface area (Å²) < 4.78 is 12.8. The maximum atomic E-state index is 11.6. The summed E-state index contributed by atoms with van der Waals surface area (Å²) in [5, 5.41) is 7.11. The second-order valence-corrected chi connectivity index (χ2v) is 6.25. The van der Waals surface area contributed by atoms with Gasteiger partial charge in [-0.1, -0.05) is 42.5 Å². The molecule has 1 aliphatic heterocycles. The number of aromatic nitrogens is 2. The highest BCUT2D eigenvalue weighted by atomic mass is 16.5. The maximum Gasteiger partial charge on any atom is 0.407 e. The predicted molar refractivity (Wildman–Crippen MR) is 99.3 cm³/mol. The number of carbonyl (C=O) groups is 1. The third-order valence-corrected chi connectivity index (χ3v) is 4.18. The zero-order chi connectivity index (χ0) is 18.0. The molecule has 1 N–H and O–H groups in total. The van der Waals surface area contributed by atoms with Crippen LogP contribution >= 0.6 is 0 Å². The van der Waals surface area contributed by atoms with Gasteiger partial charge in [0.05, 0.1) is 6.20 Å². The van der Waals surface area contributed by atoms with Gasteiger partial charge in [0.1, 0.15) is 12.8 Å². The molecule has 0 bridgehead atoms. The summed E-state index contributed by atoms with van der Waals surface area (Å²) in [5.41, 5.74) is 2.01. The molecule has 0 aliphatic carbocycles. The Bertz CT molecular complexity index is 706. The molecule has 1 aromatic heterocycles. The largest absolute Gasteiger partial charge is 0.445 e. The average Bonchev–Trinajstić information content (AvgIpc) is 3.16. The molecule has 2 heterocycles. The molecule has 6 nitrogen and oxygen atoms in total. The topological polar surface area (TPSA) is 65.4 Å². The highest BCUT2D eigenvalue weighted by Gasteiger charge is 2.15. The summed E-state index contributed by atoms with van der Waals surface area (Å²) in [6.07, 6.45) is 11.6. The minimum absolute atomic E-state index is 0.0620. The first kappa shape index (κ1) is 18.2. The van der Waals surface area contributed by atoms with E-state index in [0.717, 1.165) is 37.0 Å². The van der Waals surface area contributed by atoms with Crippen molar-refractivity contribution in [3.05, 3.63) is 59.9 Å². The summed E-state index contributed by atoms with van der Waals surface area (Å²) in [6, 6.07) is 9.62. The van der Waals surface area contributed by atoms with Gasteiger partial charge in [-0.25, -0.2) is 9.48 Å². The van der Waals surface area contributed by atoms with Gasteiger partial charge < -0.3 is 14.8 Å². The first-order chi connectivity index (χ1) is 12.8. The molecule has 1 amide bonds. The van der Waals surface area contributed by atoms with Crippen molar-refractivity contribution in [2.45, 2.75) is 38.5 Å². The van der Waals surface area contributed by atoms with Crippen LogP contribution in [0.5, 0.6) is 0 Å². The maximum absolute atomic E-state index is 11.6. The standard InChI is InChI=1S/C20H25N3O3/c24-20(26-16-17-8-2-1-3-9-17)21-12-6-4-10-18-14-22-23(15-18)19-11-5-7-13-25-19/h1-4,8-10,14-15,19H,5-7,11-13,16H2,(H,21,24)/t19-/m0/s1. The van der Waals surface area contributed by atoms with Gasteiger partial charge in [-0.15, -0.1) is 0 Å². The number of nitrogens with zero attached hydrogens (tertiary/aromatic N) is 2. The lowest BCUT2D eigenvalue weighted by Crippen LogP contribution is -2.24. The molecule has 0 unspecified atom stereocenters. The van der Waals surface area contributed by atoms with Gasteiger partial charge in [0, 0.05) is 24.9 Å². The number of carbonyl (C=O) groups excluding carboxylic acids is 1. The van der Waals surface area contributed by atoms with Gasteiger partial charge in [-0.3, -0.25) is 0 Å². The minimum Gasteiger partial charge on any atom is -0.445 e. The molecule has 1 saturated heterocycles. The number of benzene rings is 1. The molecule has 0 spiro atoms. The molecule has 1 atom stereocenters. The normalized spacial score (nSPS) is 17.3. The van der Waals surface area contributed by atoms with Crippen LogP contribution in [0.3, 0.4) is 0 Å². The zero-order valence-corrected chi connectivity index (χ0v) is 14.8. The lowest BCUT2D eigenvalue weighted by Gasteiger charge is -2.22. The smallest absolute Gasteiger partial charge is 0.407 e. The number of amides is 1. The third-order valence-electron chi connectivity index (χ3n) is 4.18. The van der Waals surface area contributed by atoms with Crippen molar-refractivity contribution >= 4 is 12.2 Å². The Morgan fingerprint density at radius 3 is 3.04 bits per heavy atom. The van der Waals surface area contributed by atoms with E-state index in [1.165, 1.54) is 6.42 Å². The second-order valence-electron chi connectivity index (χ2n) is 6.25. The average molecular weight is 355 g/mol. The van der Waals surface area contributed by atoms with E-state index >= 15 is 0 Å². The van der Waals surface area contributed by atoms with E-state index in [-0.39, 0.29) is 12.8 Å². The van der Waals surface area contributed by atoms with E-state index in [9.17, 15) is 4.79 Å². The van der Waals surface area contributed by atoms with E-state index in [0.29, 0.717) is 6.54 Å². The van der Waals surface area contributed by atoms with Crippen molar-refractivity contribution in [2.75, 3.05) is 13.2 Å². The highest BCUT2D eigenvalue weighted by Crippen LogP contribution is 2.22. The van der Waals surface area contributed by atoms with Crippen LogP contribution in [0.2, 0.25) is 0 Å². The zero-order valence-electron chi connectivity index (χ0n) is 14.8. The number of nitrogens with one attached hydrogen (secondary N) is 1. The van der Waals surface area contributed by atoms with Gasteiger partial charge in [-0.2, -0.15) is 5.10 Å².